The molecule has 0 spiro atoms. The van der Waals surface area contributed by atoms with Crippen molar-refractivity contribution < 1.29 is 14.0 Å². The van der Waals surface area contributed by atoms with E-state index in [1.54, 1.807) is 17.0 Å². The van der Waals surface area contributed by atoms with Crippen molar-refractivity contribution in [1.82, 2.24) is 10.6 Å². The number of nitrogens with zero attached hydrogens (tertiary/aromatic N) is 2. The first-order valence-corrected chi connectivity index (χ1v) is 11.0. The first kappa shape index (κ1) is 25.3. The Labute approximate surface area is 215 Å². The zero-order valence-electron chi connectivity index (χ0n) is 18.9. The molecule has 0 radical (unpaired) electrons. The average molecular weight is 573 g/mol. The van der Waals surface area contributed by atoms with Gasteiger partial charge in [-0.25, -0.2) is 4.99 Å². The maximum Gasteiger partial charge on any atom is 0.291 e. The van der Waals surface area contributed by atoms with Gasteiger partial charge in [0, 0.05) is 30.9 Å². The summed E-state index contributed by atoms with van der Waals surface area (Å²) >= 11 is 0. The molecule has 4 rings (SSSR count). The fourth-order valence-corrected chi connectivity index (χ4v) is 3.64. The van der Waals surface area contributed by atoms with E-state index in [9.17, 15) is 9.59 Å². The number of para-hydroxylation sites is 1. The molecule has 0 saturated carbocycles. The largest absolute Gasteiger partial charge is 0.459 e. The van der Waals surface area contributed by atoms with Gasteiger partial charge in [-0.1, -0.05) is 30.3 Å². The van der Waals surface area contributed by atoms with Crippen LogP contribution in [0.25, 0.3) is 0 Å². The van der Waals surface area contributed by atoms with Gasteiger partial charge >= 0.3 is 0 Å². The molecule has 34 heavy (non-hydrogen) atoms. The zero-order valence-corrected chi connectivity index (χ0v) is 21.2. The molecule has 1 unspecified atom stereocenters. The monoisotopic (exact) mass is 573 g/mol. The number of nitrogens with one attached hydrogen (secondary N) is 3. The number of rotatable bonds is 7. The fourth-order valence-electron chi connectivity index (χ4n) is 3.64. The smallest absolute Gasteiger partial charge is 0.291 e. The van der Waals surface area contributed by atoms with Crippen LogP contribution in [0.1, 0.15) is 29.5 Å². The second-order valence-electron chi connectivity index (χ2n) is 7.71. The Morgan fingerprint density at radius 2 is 1.85 bits per heavy atom. The molecule has 3 aromatic rings. The lowest BCUT2D eigenvalue weighted by Crippen LogP contribution is -2.44. The minimum absolute atomic E-state index is 0. The summed E-state index contributed by atoms with van der Waals surface area (Å²) in [5.41, 5.74) is 2.59. The van der Waals surface area contributed by atoms with Crippen molar-refractivity contribution in [3.05, 3.63) is 84.3 Å². The van der Waals surface area contributed by atoms with Gasteiger partial charge in [-0.2, -0.15) is 0 Å². The van der Waals surface area contributed by atoms with Crippen LogP contribution in [0.15, 0.2) is 82.4 Å². The maximum absolute atomic E-state index is 12.5. The van der Waals surface area contributed by atoms with Crippen LogP contribution in [0.3, 0.4) is 0 Å². The van der Waals surface area contributed by atoms with Gasteiger partial charge in [-0.3, -0.25) is 9.59 Å². The van der Waals surface area contributed by atoms with E-state index in [0.29, 0.717) is 37.7 Å². The van der Waals surface area contributed by atoms with E-state index in [2.05, 4.69) is 20.9 Å². The molecule has 8 nitrogen and oxygen atoms in total. The number of aliphatic imine (C=N–C) groups is 1. The number of anilines is 2. The van der Waals surface area contributed by atoms with E-state index < -0.39 is 0 Å². The van der Waals surface area contributed by atoms with Crippen molar-refractivity contribution in [3.8, 4) is 0 Å². The van der Waals surface area contributed by atoms with Gasteiger partial charge in [0.25, 0.3) is 5.91 Å². The van der Waals surface area contributed by atoms with E-state index >= 15 is 0 Å². The van der Waals surface area contributed by atoms with Gasteiger partial charge in [0.2, 0.25) is 5.91 Å². The predicted octanol–water partition coefficient (Wildman–Crippen LogP) is 4.01. The molecular formula is C25H28IN5O3. The normalized spacial score (nSPS) is 15.6. The highest BCUT2D eigenvalue weighted by molar-refractivity contribution is 14.0. The number of benzene rings is 2. The quantitative estimate of drug-likeness (QED) is 0.226. The Morgan fingerprint density at radius 3 is 2.53 bits per heavy atom. The maximum atomic E-state index is 12.5. The van der Waals surface area contributed by atoms with Crippen LogP contribution >= 0.6 is 24.0 Å². The molecule has 0 aliphatic carbocycles. The molecular weight excluding hydrogens is 545 g/mol. The van der Waals surface area contributed by atoms with Gasteiger partial charge in [0.15, 0.2) is 11.7 Å². The second kappa shape index (κ2) is 12.2. The van der Waals surface area contributed by atoms with Gasteiger partial charge in [0.05, 0.1) is 18.8 Å². The molecule has 1 fully saturated rings. The Balaban J connectivity index is 0.00000324. The molecule has 1 aliphatic rings. The third kappa shape index (κ3) is 6.60. The number of halogens is 1. The summed E-state index contributed by atoms with van der Waals surface area (Å²) in [6.07, 6.45) is 1.88. The van der Waals surface area contributed by atoms with E-state index in [0.717, 1.165) is 11.3 Å². The third-order valence-corrected chi connectivity index (χ3v) is 5.25. The second-order valence-corrected chi connectivity index (χ2v) is 7.71. The Morgan fingerprint density at radius 1 is 1.09 bits per heavy atom. The molecule has 1 aliphatic heterocycles. The van der Waals surface area contributed by atoms with E-state index in [4.69, 9.17) is 4.42 Å². The number of amides is 2. The van der Waals surface area contributed by atoms with Crippen molar-refractivity contribution in [2.75, 3.05) is 23.3 Å². The molecule has 1 atom stereocenters. The van der Waals surface area contributed by atoms with Crippen LogP contribution in [0, 0.1) is 0 Å². The topological polar surface area (TPSA) is 99.0 Å². The van der Waals surface area contributed by atoms with Crippen molar-refractivity contribution in [2.24, 2.45) is 4.99 Å². The van der Waals surface area contributed by atoms with Crippen molar-refractivity contribution in [1.29, 1.82) is 0 Å². The SMILES string of the molecule is CCNC(=NCc1ccc(NC(=O)c2ccco2)cc1)NC1CC(=O)N(c2ccccc2)C1.I. The van der Waals surface area contributed by atoms with Crippen molar-refractivity contribution >= 4 is 53.1 Å². The van der Waals surface area contributed by atoms with Crippen molar-refractivity contribution in [3.63, 3.8) is 0 Å². The number of furan rings is 1. The third-order valence-electron chi connectivity index (χ3n) is 5.25. The minimum atomic E-state index is -0.292. The summed E-state index contributed by atoms with van der Waals surface area (Å²) in [4.78, 5) is 31.0. The summed E-state index contributed by atoms with van der Waals surface area (Å²) in [7, 11) is 0. The number of carbonyl (C=O) groups excluding carboxylic acids is 2. The molecule has 0 bridgehead atoms. The lowest BCUT2D eigenvalue weighted by atomic mass is 10.2. The number of guanidine groups is 1. The molecule has 3 N–H and O–H groups in total. The van der Waals surface area contributed by atoms with Crippen LogP contribution < -0.4 is 20.9 Å². The molecule has 178 valence electrons. The van der Waals surface area contributed by atoms with Crippen molar-refractivity contribution in [2.45, 2.75) is 25.9 Å². The summed E-state index contributed by atoms with van der Waals surface area (Å²) in [5.74, 6) is 0.739. The standard InChI is InChI=1S/C25H27N5O3.HI/c1-2-26-25(29-20-15-23(31)30(17-20)21-7-4-3-5-8-21)27-16-18-10-12-19(13-11-18)28-24(32)22-9-6-14-33-22;/h3-14,20H,2,15-17H2,1H3,(H,28,32)(H2,26,27,29);1H. The van der Waals surface area contributed by atoms with Crippen LogP contribution in [0.2, 0.25) is 0 Å². The fraction of sp³-hybridized carbons (Fsp3) is 0.240. The lowest BCUT2D eigenvalue weighted by molar-refractivity contribution is -0.117. The van der Waals surface area contributed by atoms with Crippen LogP contribution in [-0.2, 0) is 11.3 Å². The number of carbonyl (C=O) groups is 2. The summed E-state index contributed by atoms with van der Waals surface area (Å²) in [6.45, 7) is 3.78. The highest BCUT2D eigenvalue weighted by atomic mass is 127. The summed E-state index contributed by atoms with van der Waals surface area (Å²) in [6, 6.07) is 20.5. The Bertz CT molecular complexity index is 1100. The van der Waals surface area contributed by atoms with E-state index in [1.165, 1.54) is 6.26 Å². The Kier molecular flexibility index (Phi) is 9.08. The summed E-state index contributed by atoms with van der Waals surface area (Å²) < 4.78 is 5.10. The molecule has 2 aromatic carbocycles. The van der Waals surface area contributed by atoms with Crippen LogP contribution in [-0.4, -0.2) is 36.9 Å². The van der Waals surface area contributed by atoms with E-state index in [-0.39, 0.29) is 47.6 Å². The first-order chi connectivity index (χ1) is 16.1. The lowest BCUT2D eigenvalue weighted by Gasteiger charge is -2.19. The molecule has 1 saturated heterocycles. The average Bonchev–Trinajstić information content (AvgIpc) is 3.49. The molecule has 1 aromatic heterocycles. The zero-order chi connectivity index (χ0) is 23.0. The van der Waals surface area contributed by atoms with Gasteiger partial charge in [-0.05, 0) is 48.9 Å². The molecule has 2 heterocycles. The van der Waals surface area contributed by atoms with Crippen LogP contribution in [0.4, 0.5) is 11.4 Å². The molecule has 2 amide bonds. The highest BCUT2D eigenvalue weighted by Gasteiger charge is 2.31. The number of hydrogen-bond acceptors (Lipinski definition) is 4. The van der Waals surface area contributed by atoms with E-state index in [1.807, 2.05) is 61.5 Å². The van der Waals surface area contributed by atoms with Gasteiger partial charge < -0.3 is 25.3 Å². The van der Waals surface area contributed by atoms with Gasteiger partial charge in [0.1, 0.15) is 0 Å². The predicted molar refractivity (Wildman–Crippen MR) is 144 cm³/mol. The van der Waals surface area contributed by atoms with Gasteiger partial charge in [-0.15, -0.1) is 24.0 Å². The summed E-state index contributed by atoms with van der Waals surface area (Å²) in [5, 5.41) is 9.42. The highest BCUT2D eigenvalue weighted by Crippen LogP contribution is 2.21. The van der Waals surface area contributed by atoms with Crippen LogP contribution in [0.5, 0.6) is 0 Å². The minimum Gasteiger partial charge on any atom is -0.459 e. The first-order valence-electron chi connectivity index (χ1n) is 11.0. The Hall–Kier alpha value is -3.34. The molecule has 9 heteroatoms. The number of hydrogen-bond donors (Lipinski definition) is 3.